The zero-order valence-electron chi connectivity index (χ0n) is 27.7. The van der Waals surface area contributed by atoms with Crippen LogP contribution in [0.5, 0.6) is 0 Å². The summed E-state index contributed by atoms with van der Waals surface area (Å²) in [7, 11) is -3.35. The van der Waals surface area contributed by atoms with E-state index in [1.54, 1.807) is 0 Å². The highest BCUT2D eigenvalue weighted by molar-refractivity contribution is 8.02. The largest absolute Gasteiger partial charge is 0.481 e. The number of nitrogens with zero attached hydrogens (tertiary/aromatic N) is 1. The van der Waals surface area contributed by atoms with E-state index in [0.29, 0.717) is 11.8 Å². The van der Waals surface area contributed by atoms with Gasteiger partial charge in [-0.05, 0) is 47.5 Å². The normalized spacial score (nSPS) is 19.4. The number of likely N-dealkylation sites (tertiary alicyclic amines) is 1. The maximum Gasteiger partial charge on any atom is 0.472 e. The first-order valence-electron chi connectivity index (χ1n) is 14.8. The first kappa shape index (κ1) is 42.9. The van der Waals surface area contributed by atoms with Gasteiger partial charge in [-0.25, -0.2) is 4.57 Å². The first-order valence-corrected chi connectivity index (χ1v) is 17.2. The van der Waals surface area contributed by atoms with E-state index < -0.39 is 122 Å². The number of carbonyl (C=O) groups excluding carboxylic acids is 5. The van der Waals surface area contributed by atoms with E-state index >= 15 is 0 Å². The van der Waals surface area contributed by atoms with E-state index in [-0.39, 0.29) is 19.4 Å². The molecule has 1 saturated heterocycles. The third kappa shape index (κ3) is 12.7. The number of hydrogen-bond donors (Lipinski definition) is 5. The van der Waals surface area contributed by atoms with E-state index in [0.717, 1.165) is 4.90 Å². The number of carboxylic acids is 2. The van der Waals surface area contributed by atoms with Crippen molar-refractivity contribution in [1.82, 2.24) is 10.2 Å². The molecule has 0 aromatic heterocycles. The minimum absolute atomic E-state index is 0.154. The molecule has 0 radical (unpaired) electrons. The molecular formula is C28H45N2O16PS. The fourth-order valence-electron chi connectivity index (χ4n) is 4.86. The Morgan fingerprint density at radius 1 is 1.00 bits per heavy atom. The molecule has 1 fully saturated rings. The van der Waals surface area contributed by atoms with Crippen LogP contribution in [0.3, 0.4) is 0 Å². The van der Waals surface area contributed by atoms with Crippen molar-refractivity contribution in [1.29, 1.82) is 0 Å². The highest BCUT2D eigenvalue weighted by Gasteiger charge is 2.53. The number of hydrogen-bond acceptors (Lipinski definition) is 14. The van der Waals surface area contributed by atoms with Crippen LogP contribution in [-0.4, -0.2) is 123 Å². The van der Waals surface area contributed by atoms with Gasteiger partial charge < -0.3 is 35.0 Å². The van der Waals surface area contributed by atoms with Crippen LogP contribution in [0.2, 0.25) is 0 Å². The van der Waals surface area contributed by atoms with E-state index in [1.165, 1.54) is 41.7 Å². The molecule has 274 valence electrons. The summed E-state index contributed by atoms with van der Waals surface area (Å²) < 4.78 is 30.1. The highest BCUT2D eigenvalue weighted by atomic mass is 32.2. The molecule has 20 heteroatoms. The van der Waals surface area contributed by atoms with Gasteiger partial charge in [-0.2, -0.15) is 0 Å². The summed E-state index contributed by atoms with van der Waals surface area (Å²) in [6.45, 7) is 3.38. The number of rotatable bonds is 22. The van der Waals surface area contributed by atoms with Crippen molar-refractivity contribution in [2.75, 3.05) is 46.6 Å². The number of esters is 2. The van der Waals surface area contributed by atoms with Crippen LogP contribution in [0.1, 0.15) is 60.3 Å². The van der Waals surface area contributed by atoms with Crippen molar-refractivity contribution in [3.05, 3.63) is 0 Å². The van der Waals surface area contributed by atoms with E-state index in [1.807, 2.05) is 0 Å². The number of imide groups is 1. The Kier molecular flexibility index (Phi) is 16.2. The second kappa shape index (κ2) is 18.1. The molecule has 0 aromatic carbocycles. The van der Waals surface area contributed by atoms with Gasteiger partial charge in [0.1, 0.15) is 18.0 Å². The molecule has 3 amide bonds. The molecule has 0 spiro atoms. The van der Waals surface area contributed by atoms with Gasteiger partial charge in [0.2, 0.25) is 17.7 Å². The Labute approximate surface area is 281 Å². The topological polar surface area (TPSA) is 270 Å². The summed E-state index contributed by atoms with van der Waals surface area (Å²) in [5.41, 5.74) is -3.38. The Bertz CT molecular complexity index is 1280. The molecule has 48 heavy (non-hydrogen) atoms. The van der Waals surface area contributed by atoms with Gasteiger partial charge in [0.05, 0.1) is 41.8 Å². The first-order chi connectivity index (χ1) is 22.0. The monoisotopic (exact) mass is 728 g/mol. The lowest BCUT2D eigenvalue weighted by Gasteiger charge is -2.39. The molecule has 5 atom stereocenters. The Morgan fingerprint density at radius 3 is 2.15 bits per heavy atom. The number of thioether (sulfide) groups is 1. The molecule has 0 bridgehead atoms. The van der Waals surface area contributed by atoms with Crippen LogP contribution in [0.15, 0.2) is 0 Å². The molecular weight excluding hydrogens is 683 g/mol. The lowest BCUT2D eigenvalue weighted by Crippen LogP contribution is -2.47. The summed E-state index contributed by atoms with van der Waals surface area (Å²) in [4.78, 5) is 98.3. The average molecular weight is 729 g/mol. The van der Waals surface area contributed by atoms with Crippen LogP contribution in [-0.2, 0) is 56.6 Å². The number of phosphoric acid groups is 1. The lowest BCUT2D eigenvalue weighted by atomic mass is 9.69. The predicted octanol–water partition coefficient (Wildman–Crippen LogP) is 0.572. The lowest BCUT2D eigenvalue weighted by molar-refractivity contribution is -0.163. The molecule has 0 aliphatic carbocycles. The summed E-state index contributed by atoms with van der Waals surface area (Å²) >= 11 is 0.712. The maximum absolute atomic E-state index is 13.6. The molecule has 0 aromatic rings. The smallest absolute Gasteiger partial charge is 0.472 e. The van der Waals surface area contributed by atoms with Crippen LogP contribution in [0.4, 0.5) is 0 Å². The van der Waals surface area contributed by atoms with Gasteiger partial charge in [-0.15, -0.1) is 11.8 Å². The summed E-state index contributed by atoms with van der Waals surface area (Å²) in [6.07, 6.45) is -1.40. The number of aliphatic carboxylic acids is 2. The number of nitrogens with one attached hydrogen (secondary N) is 1. The van der Waals surface area contributed by atoms with Gasteiger partial charge in [0, 0.05) is 26.4 Å². The van der Waals surface area contributed by atoms with Crippen molar-refractivity contribution in [2.24, 2.45) is 16.7 Å². The zero-order chi connectivity index (χ0) is 37.1. The molecule has 1 rings (SSSR count). The van der Waals surface area contributed by atoms with Gasteiger partial charge in [-0.3, -0.25) is 47.5 Å². The van der Waals surface area contributed by atoms with Crippen molar-refractivity contribution >= 4 is 61.2 Å². The maximum atomic E-state index is 13.6. The van der Waals surface area contributed by atoms with Crippen molar-refractivity contribution in [2.45, 2.75) is 70.3 Å². The number of aliphatic hydroxyl groups is 1. The number of amides is 3. The molecule has 1 heterocycles. The number of ether oxygens (including phenoxy) is 2. The zero-order valence-corrected chi connectivity index (χ0v) is 29.4. The third-order valence-corrected chi connectivity index (χ3v) is 9.78. The highest BCUT2D eigenvalue weighted by Crippen LogP contribution is 2.48. The minimum Gasteiger partial charge on any atom is -0.481 e. The second-order valence-electron chi connectivity index (χ2n) is 12.3. The molecule has 1 aliphatic heterocycles. The van der Waals surface area contributed by atoms with Crippen LogP contribution in [0.25, 0.3) is 0 Å². The molecule has 1 aliphatic rings. The van der Waals surface area contributed by atoms with Crippen LogP contribution < -0.4 is 5.32 Å². The predicted molar refractivity (Wildman–Crippen MR) is 166 cm³/mol. The molecule has 0 saturated carbocycles. The minimum atomic E-state index is -4.74. The van der Waals surface area contributed by atoms with Crippen LogP contribution >= 0.6 is 19.6 Å². The van der Waals surface area contributed by atoms with E-state index in [9.17, 15) is 53.2 Å². The molecule has 5 unspecified atom stereocenters. The number of phosphoric ester groups is 1. The molecule has 5 N–H and O–H groups in total. The van der Waals surface area contributed by atoms with Crippen molar-refractivity contribution < 1.29 is 76.9 Å². The fourth-order valence-corrected chi connectivity index (χ4v) is 7.29. The van der Waals surface area contributed by atoms with Gasteiger partial charge in [0.25, 0.3) is 0 Å². The fraction of sp³-hybridized carbons (Fsp3) is 0.750. The number of carbonyl (C=O) groups is 7. The molecule has 18 nitrogen and oxygen atoms in total. The second-order valence-corrected chi connectivity index (χ2v) is 15.4. The Hall–Kier alpha value is -3.09. The quantitative estimate of drug-likeness (QED) is 0.0441. The third-order valence-electron chi connectivity index (χ3n) is 7.31. The van der Waals surface area contributed by atoms with Crippen LogP contribution in [0, 0.1) is 16.7 Å². The van der Waals surface area contributed by atoms with Gasteiger partial charge >= 0.3 is 31.7 Å². The SMILES string of the molecule is CNC(=O)CCN1C(=O)CC(SC(C)(CC(C)(CC(C)(C)C(=O)O)C(=O)OCCOP(=O)(O)OCC(C)C(=O)O)C(=O)OCCO)C1=O. The van der Waals surface area contributed by atoms with Gasteiger partial charge in [0.15, 0.2) is 0 Å². The summed E-state index contributed by atoms with van der Waals surface area (Å²) in [5, 5.41) is 29.2. The van der Waals surface area contributed by atoms with Crippen molar-refractivity contribution in [3.8, 4) is 0 Å². The van der Waals surface area contributed by atoms with E-state index in [2.05, 4.69) is 9.84 Å². The van der Waals surface area contributed by atoms with E-state index in [4.69, 9.17) is 19.1 Å². The standard InChI is InChI=1S/C28H45N2O16PS/c1-17(22(35)36)14-46-47(41,42)45-12-11-44-24(39)27(4,15-26(2,3)23(37)38)16-28(5,25(40)43-10-9-31)48-18-13-20(33)30(21(18)34)8-7-19(32)29-6/h17-18,31H,7-16H2,1-6H3,(H,29,32)(H,35,36)(H,37,38)(H,41,42). The summed E-state index contributed by atoms with van der Waals surface area (Å²) in [5.74, 6) is -7.40. The average Bonchev–Trinajstić information content (AvgIpc) is 3.25. The summed E-state index contributed by atoms with van der Waals surface area (Å²) in [6, 6.07) is 0. The Morgan fingerprint density at radius 2 is 1.60 bits per heavy atom. The van der Waals surface area contributed by atoms with Gasteiger partial charge in [-0.1, -0.05) is 0 Å². The number of carboxylic acid groups (broad SMARTS) is 2. The van der Waals surface area contributed by atoms with Crippen molar-refractivity contribution in [3.63, 3.8) is 0 Å². The Balaban J connectivity index is 3.29. The number of aliphatic hydroxyl groups excluding tert-OH is 1.